The maximum Gasteiger partial charge on any atom is 0.130 e. The zero-order chi connectivity index (χ0) is 17.0. The molecule has 2 N–H and O–H groups in total. The molecular formula is C21H30O3. The van der Waals surface area contributed by atoms with Crippen LogP contribution in [0, 0.1) is 40.9 Å². The maximum absolute atomic E-state index is 11.1. The fourth-order valence-electron chi connectivity index (χ4n) is 7.91. The predicted molar refractivity (Wildman–Crippen MR) is 91.0 cm³/mol. The molecule has 0 aromatic heterocycles. The highest BCUT2D eigenvalue weighted by molar-refractivity contribution is 5.28. The smallest absolute Gasteiger partial charge is 0.130 e. The van der Waals surface area contributed by atoms with Crippen LogP contribution >= 0.6 is 0 Å². The minimum atomic E-state index is -0.925. The van der Waals surface area contributed by atoms with E-state index in [0.29, 0.717) is 23.9 Å². The van der Waals surface area contributed by atoms with Gasteiger partial charge in [-0.05, 0) is 62.7 Å². The summed E-state index contributed by atoms with van der Waals surface area (Å²) in [6, 6.07) is 0. The Kier molecular flexibility index (Phi) is 2.87. The SMILES string of the molecule is C#C[C@@]1(O)CC[C@@H]2[C@H]3C[C@H]4O[C@]45C[C@H](O)CC[C@@]5(C)[C@@H]3CC[C@@]21C. The molecule has 4 saturated carbocycles. The quantitative estimate of drug-likeness (QED) is 0.530. The Morgan fingerprint density at radius 1 is 1.04 bits per heavy atom. The Morgan fingerprint density at radius 2 is 1.71 bits per heavy atom. The number of ether oxygens (including phenoxy) is 1. The van der Waals surface area contributed by atoms with E-state index in [1.807, 2.05) is 0 Å². The first-order chi connectivity index (χ1) is 11.3. The number of hydrogen-bond acceptors (Lipinski definition) is 3. The first kappa shape index (κ1) is 15.7. The fraction of sp³-hybridized carbons (Fsp3) is 0.905. The lowest BCUT2D eigenvalue weighted by Crippen LogP contribution is -2.60. The van der Waals surface area contributed by atoms with Crippen molar-refractivity contribution in [1.82, 2.24) is 0 Å². The molecule has 5 rings (SSSR count). The minimum absolute atomic E-state index is 0.0550. The molecule has 4 aliphatic carbocycles. The third kappa shape index (κ3) is 1.53. The number of hydrogen-bond donors (Lipinski definition) is 2. The van der Waals surface area contributed by atoms with Crippen LogP contribution in [0.25, 0.3) is 0 Å². The highest BCUT2D eigenvalue weighted by Gasteiger charge is 2.76. The van der Waals surface area contributed by atoms with Crippen molar-refractivity contribution in [2.75, 3.05) is 0 Å². The monoisotopic (exact) mass is 330 g/mol. The van der Waals surface area contributed by atoms with Gasteiger partial charge in [-0.25, -0.2) is 0 Å². The van der Waals surface area contributed by atoms with Gasteiger partial charge in [-0.1, -0.05) is 19.8 Å². The lowest BCUT2D eigenvalue weighted by atomic mass is 9.44. The molecule has 1 aliphatic heterocycles. The molecule has 3 heteroatoms. The van der Waals surface area contributed by atoms with Crippen molar-refractivity contribution in [3.8, 4) is 12.3 Å². The van der Waals surface area contributed by atoms with Crippen molar-refractivity contribution in [2.24, 2.45) is 28.6 Å². The summed E-state index contributed by atoms with van der Waals surface area (Å²) in [6.07, 6.45) is 13.8. The van der Waals surface area contributed by atoms with Crippen molar-refractivity contribution >= 4 is 0 Å². The van der Waals surface area contributed by atoms with Crippen LogP contribution in [0.2, 0.25) is 0 Å². The topological polar surface area (TPSA) is 53.0 Å². The van der Waals surface area contributed by atoms with Crippen LogP contribution in [0.3, 0.4) is 0 Å². The zero-order valence-corrected chi connectivity index (χ0v) is 14.9. The average Bonchev–Trinajstić information content (AvgIpc) is 3.17. The van der Waals surface area contributed by atoms with Gasteiger partial charge in [0.2, 0.25) is 0 Å². The molecule has 1 spiro atoms. The van der Waals surface area contributed by atoms with E-state index in [0.717, 1.165) is 51.4 Å². The highest BCUT2D eigenvalue weighted by atomic mass is 16.6. The summed E-state index contributed by atoms with van der Waals surface area (Å²) < 4.78 is 6.33. The minimum Gasteiger partial charge on any atom is -0.393 e. The molecule has 5 fully saturated rings. The molecule has 9 atom stereocenters. The van der Waals surface area contributed by atoms with Crippen LogP contribution < -0.4 is 0 Å². The second-order valence-corrected chi connectivity index (χ2v) is 9.92. The summed E-state index contributed by atoms with van der Waals surface area (Å²) in [5, 5.41) is 21.3. The molecule has 5 aliphatic rings. The van der Waals surface area contributed by atoms with Gasteiger partial charge in [0, 0.05) is 17.3 Å². The van der Waals surface area contributed by atoms with Crippen LogP contribution in [0.5, 0.6) is 0 Å². The van der Waals surface area contributed by atoms with E-state index in [9.17, 15) is 10.2 Å². The first-order valence-electron chi connectivity index (χ1n) is 9.86. The van der Waals surface area contributed by atoms with Crippen LogP contribution in [-0.2, 0) is 4.74 Å². The van der Waals surface area contributed by atoms with Gasteiger partial charge in [-0.15, -0.1) is 6.42 Å². The molecule has 0 amide bonds. The molecule has 24 heavy (non-hydrogen) atoms. The van der Waals surface area contributed by atoms with E-state index in [1.165, 1.54) is 0 Å². The Labute approximate surface area is 145 Å². The Balaban J connectivity index is 1.52. The van der Waals surface area contributed by atoms with E-state index >= 15 is 0 Å². The van der Waals surface area contributed by atoms with Gasteiger partial charge < -0.3 is 14.9 Å². The molecule has 3 nitrogen and oxygen atoms in total. The second kappa shape index (κ2) is 4.40. The Bertz CT molecular complexity index is 625. The predicted octanol–water partition coefficient (Wildman–Crippen LogP) is 2.89. The van der Waals surface area contributed by atoms with Crippen molar-refractivity contribution in [1.29, 1.82) is 0 Å². The summed E-state index contributed by atoms with van der Waals surface area (Å²) in [5.41, 5.74) is -0.924. The number of fused-ring (bicyclic) bond motifs is 4. The maximum atomic E-state index is 11.1. The molecule has 0 bridgehead atoms. The number of epoxide rings is 1. The molecule has 0 aromatic rings. The van der Waals surface area contributed by atoms with Crippen LogP contribution in [0.1, 0.15) is 65.2 Å². The molecule has 132 valence electrons. The molecular weight excluding hydrogens is 300 g/mol. The average molecular weight is 330 g/mol. The zero-order valence-electron chi connectivity index (χ0n) is 14.9. The van der Waals surface area contributed by atoms with E-state index < -0.39 is 5.60 Å². The number of aliphatic hydroxyl groups excluding tert-OH is 1. The van der Waals surface area contributed by atoms with E-state index in [2.05, 4.69) is 19.8 Å². The van der Waals surface area contributed by atoms with E-state index in [-0.39, 0.29) is 22.5 Å². The third-order valence-electron chi connectivity index (χ3n) is 9.45. The summed E-state index contributed by atoms with van der Waals surface area (Å²) in [5.74, 6) is 4.55. The van der Waals surface area contributed by atoms with Gasteiger partial charge in [0.05, 0.1) is 12.2 Å². The van der Waals surface area contributed by atoms with Gasteiger partial charge in [0.1, 0.15) is 11.2 Å². The number of aliphatic hydroxyl groups is 2. The van der Waals surface area contributed by atoms with Crippen molar-refractivity contribution in [3.05, 3.63) is 0 Å². The summed E-state index contributed by atoms with van der Waals surface area (Å²) in [7, 11) is 0. The summed E-state index contributed by atoms with van der Waals surface area (Å²) in [4.78, 5) is 0. The van der Waals surface area contributed by atoms with Crippen molar-refractivity contribution in [3.63, 3.8) is 0 Å². The van der Waals surface area contributed by atoms with Crippen LogP contribution in [0.15, 0.2) is 0 Å². The normalized spacial score (nSPS) is 64.2. The summed E-state index contributed by atoms with van der Waals surface area (Å²) in [6.45, 7) is 4.67. The van der Waals surface area contributed by atoms with E-state index in [4.69, 9.17) is 11.2 Å². The Hall–Kier alpha value is -0.560. The van der Waals surface area contributed by atoms with Gasteiger partial charge in [0.25, 0.3) is 0 Å². The van der Waals surface area contributed by atoms with Crippen LogP contribution in [0.4, 0.5) is 0 Å². The van der Waals surface area contributed by atoms with E-state index in [1.54, 1.807) is 0 Å². The van der Waals surface area contributed by atoms with Gasteiger partial charge in [-0.3, -0.25) is 0 Å². The van der Waals surface area contributed by atoms with Gasteiger partial charge in [0.15, 0.2) is 0 Å². The molecule has 1 heterocycles. The first-order valence-corrected chi connectivity index (χ1v) is 9.86. The van der Waals surface area contributed by atoms with Gasteiger partial charge >= 0.3 is 0 Å². The molecule has 0 unspecified atom stereocenters. The summed E-state index contributed by atoms with van der Waals surface area (Å²) >= 11 is 0. The largest absolute Gasteiger partial charge is 0.393 e. The second-order valence-electron chi connectivity index (χ2n) is 9.92. The third-order valence-corrected chi connectivity index (χ3v) is 9.45. The van der Waals surface area contributed by atoms with Gasteiger partial charge in [-0.2, -0.15) is 0 Å². The molecule has 0 aromatic carbocycles. The molecule has 1 saturated heterocycles. The lowest BCUT2D eigenvalue weighted by Gasteiger charge is -2.59. The number of terminal acetylenes is 1. The molecule has 0 radical (unpaired) electrons. The Morgan fingerprint density at radius 3 is 2.46 bits per heavy atom. The van der Waals surface area contributed by atoms with Crippen LogP contribution in [-0.4, -0.2) is 33.6 Å². The van der Waals surface area contributed by atoms with Crippen molar-refractivity contribution in [2.45, 2.75) is 88.6 Å². The fourth-order valence-corrected chi connectivity index (χ4v) is 7.91. The standard InChI is InChI=1S/C21H30O3/c1-4-20(23)10-7-15-14-11-17-21(24-17)12-13(22)5-8-19(21,3)16(14)6-9-18(15,20)2/h1,13-17,22-23H,5-12H2,2-3H3/t13-,14-,15-,16-,17-,18+,19+,20-,21-/m1/s1. The highest BCUT2D eigenvalue weighted by Crippen LogP contribution is 2.74. The lowest BCUT2D eigenvalue weighted by molar-refractivity contribution is -0.133. The van der Waals surface area contributed by atoms with Crippen molar-refractivity contribution < 1.29 is 14.9 Å². The number of rotatable bonds is 0.